The number of furan rings is 1. The molecule has 9 rings (SSSR count). The Morgan fingerprint density at radius 2 is 1.10 bits per heavy atom. The van der Waals surface area contributed by atoms with Crippen molar-refractivity contribution in [1.82, 2.24) is 9.13 Å². The summed E-state index contributed by atoms with van der Waals surface area (Å²) in [6, 6.07) is 40.5. The lowest BCUT2D eigenvalue weighted by molar-refractivity contribution is 0.545. The maximum absolute atomic E-state index is 10.1. The molecule has 192 valence electrons. The predicted molar refractivity (Wildman–Crippen MR) is 167 cm³/mol. The van der Waals surface area contributed by atoms with E-state index in [1.54, 1.807) is 0 Å². The molecule has 0 spiro atoms. The molecule has 5 aromatic carbocycles. The van der Waals surface area contributed by atoms with Crippen LogP contribution in [0.3, 0.4) is 0 Å². The van der Waals surface area contributed by atoms with Gasteiger partial charge in [-0.3, -0.25) is 0 Å². The number of nitrogens with zero attached hydrogens (tertiary/aromatic N) is 3. The summed E-state index contributed by atoms with van der Waals surface area (Å²) in [6.45, 7) is 0. The van der Waals surface area contributed by atoms with Gasteiger partial charge in [-0.15, -0.1) is 0 Å². The molecule has 0 radical (unpaired) electrons. The maximum atomic E-state index is 10.1. The van der Waals surface area contributed by atoms with Crippen LogP contribution in [0.2, 0.25) is 0 Å². The summed E-state index contributed by atoms with van der Waals surface area (Å²) in [5, 5.41) is 16.0. The fourth-order valence-electron chi connectivity index (χ4n) is 6.89. The average molecular weight is 526 g/mol. The molecule has 8 aromatic rings. The zero-order valence-corrected chi connectivity index (χ0v) is 22.1. The van der Waals surface area contributed by atoms with Crippen molar-refractivity contribution in [3.8, 4) is 11.8 Å². The fraction of sp³-hybridized carbons (Fsp3) is 0.0541. The summed E-state index contributed by atoms with van der Waals surface area (Å²) < 4.78 is 11.3. The Bertz CT molecular complexity index is 2330. The molecule has 0 aliphatic heterocycles. The van der Waals surface area contributed by atoms with Crippen molar-refractivity contribution >= 4 is 66.4 Å². The number of aryl methyl sites for hydroxylation is 1. The second kappa shape index (κ2) is 8.24. The Balaban J connectivity index is 1.34. The molecule has 4 heteroatoms. The maximum Gasteiger partial charge on any atom is 0.158 e. The lowest BCUT2D eigenvalue weighted by Gasteiger charge is -2.16. The fourth-order valence-corrected chi connectivity index (χ4v) is 6.89. The molecular weight excluding hydrogens is 502 g/mol. The van der Waals surface area contributed by atoms with Gasteiger partial charge in [0.15, 0.2) is 5.58 Å². The van der Waals surface area contributed by atoms with Crippen molar-refractivity contribution in [2.24, 2.45) is 0 Å². The number of fused-ring (bicyclic) bond motifs is 9. The molecule has 1 aliphatic carbocycles. The molecule has 0 saturated carbocycles. The summed E-state index contributed by atoms with van der Waals surface area (Å²) in [5.74, 6) is 0.974. The molecule has 0 atom stereocenters. The van der Waals surface area contributed by atoms with E-state index in [9.17, 15) is 5.26 Å². The van der Waals surface area contributed by atoms with Gasteiger partial charge in [0.05, 0.1) is 39.4 Å². The topological polar surface area (TPSA) is 46.8 Å². The monoisotopic (exact) mass is 525 g/mol. The Hall–Kier alpha value is -5.53. The average Bonchev–Trinajstić information content (AvgIpc) is 3.68. The van der Waals surface area contributed by atoms with E-state index in [1.165, 1.54) is 38.3 Å². The van der Waals surface area contributed by atoms with Crippen molar-refractivity contribution < 1.29 is 4.42 Å². The van der Waals surface area contributed by atoms with E-state index in [-0.39, 0.29) is 0 Å². The first-order valence-electron chi connectivity index (χ1n) is 14.0. The minimum absolute atomic E-state index is 0.621. The van der Waals surface area contributed by atoms with E-state index < -0.39 is 0 Å². The van der Waals surface area contributed by atoms with Crippen LogP contribution >= 0.6 is 0 Å². The van der Waals surface area contributed by atoms with E-state index in [1.807, 2.05) is 12.1 Å². The summed E-state index contributed by atoms with van der Waals surface area (Å²) in [4.78, 5) is 0. The van der Waals surface area contributed by atoms with Gasteiger partial charge in [0.2, 0.25) is 0 Å². The highest BCUT2D eigenvalue weighted by molar-refractivity contribution is 6.12. The van der Waals surface area contributed by atoms with Crippen LogP contribution in [-0.4, -0.2) is 9.13 Å². The van der Waals surface area contributed by atoms with Gasteiger partial charge in [0.25, 0.3) is 0 Å². The Kier molecular flexibility index (Phi) is 4.48. The number of para-hydroxylation sites is 4. The van der Waals surface area contributed by atoms with E-state index >= 15 is 0 Å². The first kappa shape index (κ1) is 22.3. The first-order chi connectivity index (χ1) is 20.3. The molecule has 0 bridgehead atoms. The first-order valence-corrected chi connectivity index (χ1v) is 14.0. The number of rotatable bonds is 2. The largest absolute Gasteiger partial charge is 0.458 e. The van der Waals surface area contributed by atoms with Crippen LogP contribution in [0.5, 0.6) is 0 Å². The van der Waals surface area contributed by atoms with Gasteiger partial charge in [0.1, 0.15) is 5.76 Å². The van der Waals surface area contributed by atoms with Gasteiger partial charge in [-0.2, -0.15) is 5.26 Å². The molecule has 3 heterocycles. The second-order valence-corrected chi connectivity index (χ2v) is 10.8. The molecule has 0 saturated heterocycles. The Morgan fingerprint density at radius 1 is 0.585 bits per heavy atom. The third kappa shape index (κ3) is 3.03. The lowest BCUT2D eigenvalue weighted by Crippen LogP contribution is -2.03. The smallest absolute Gasteiger partial charge is 0.158 e. The standard InChI is InChI=1S/C37H23N3O/c38-22-23-19-30-29-21-24(39-31-13-5-1-9-25(31)26-10-2-6-14-32(26)39)17-18-36(29)41-37(30)35(20-23)40-33-15-7-3-11-27(33)28-12-4-8-16-34(28)40/h1-16,19-21H,17-18H2. The van der Waals surface area contributed by atoms with Crippen LogP contribution in [0, 0.1) is 11.3 Å². The molecule has 0 unspecified atom stereocenters. The molecule has 0 fully saturated rings. The van der Waals surface area contributed by atoms with E-state index in [0.29, 0.717) is 5.56 Å². The number of aromatic nitrogens is 2. The van der Waals surface area contributed by atoms with Crippen molar-refractivity contribution in [1.29, 1.82) is 5.26 Å². The van der Waals surface area contributed by atoms with Crippen LogP contribution in [0.25, 0.3) is 72.0 Å². The molecule has 0 N–H and O–H groups in total. The molecule has 41 heavy (non-hydrogen) atoms. The van der Waals surface area contributed by atoms with E-state index in [0.717, 1.165) is 51.9 Å². The SMILES string of the molecule is N#Cc1cc(-n2c3ccccc3c3ccccc32)c2oc3c(c2c1)C=C(n1c2ccccc2c2ccccc21)CC3. The highest BCUT2D eigenvalue weighted by atomic mass is 16.3. The van der Waals surface area contributed by atoms with E-state index in [4.69, 9.17) is 4.42 Å². The van der Waals surface area contributed by atoms with Gasteiger partial charge in [0, 0.05) is 44.6 Å². The van der Waals surface area contributed by atoms with Gasteiger partial charge in [-0.25, -0.2) is 0 Å². The highest BCUT2D eigenvalue weighted by Crippen LogP contribution is 2.42. The zero-order chi connectivity index (χ0) is 27.1. The number of hydrogen-bond acceptors (Lipinski definition) is 2. The van der Waals surface area contributed by atoms with Crippen molar-refractivity contribution in [2.45, 2.75) is 12.8 Å². The Labute approximate surface area is 235 Å². The molecule has 4 nitrogen and oxygen atoms in total. The number of hydrogen-bond donors (Lipinski definition) is 0. The van der Waals surface area contributed by atoms with Crippen LogP contribution in [0.1, 0.15) is 23.3 Å². The summed E-state index contributed by atoms with van der Waals surface area (Å²) >= 11 is 0. The number of benzene rings is 5. The minimum atomic E-state index is 0.621. The summed E-state index contributed by atoms with van der Waals surface area (Å²) in [6.07, 6.45) is 3.94. The Morgan fingerprint density at radius 3 is 1.63 bits per heavy atom. The molecule has 3 aromatic heterocycles. The number of allylic oxidation sites excluding steroid dienone is 1. The summed E-state index contributed by atoms with van der Waals surface area (Å²) in [7, 11) is 0. The predicted octanol–water partition coefficient (Wildman–Crippen LogP) is 9.45. The van der Waals surface area contributed by atoms with Crippen LogP contribution in [0.4, 0.5) is 0 Å². The van der Waals surface area contributed by atoms with Crippen molar-refractivity contribution in [3.63, 3.8) is 0 Å². The van der Waals surface area contributed by atoms with Gasteiger partial charge >= 0.3 is 0 Å². The molecular formula is C37H23N3O. The second-order valence-electron chi connectivity index (χ2n) is 10.8. The third-order valence-corrected chi connectivity index (χ3v) is 8.62. The third-order valence-electron chi connectivity index (χ3n) is 8.62. The zero-order valence-electron chi connectivity index (χ0n) is 22.1. The van der Waals surface area contributed by atoms with Crippen LogP contribution in [0.15, 0.2) is 114 Å². The lowest BCUT2D eigenvalue weighted by atomic mass is 9.98. The van der Waals surface area contributed by atoms with Crippen LogP contribution < -0.4 is 0 Å². The van der Waals surface area contributed by atoms with Crippen molar-refractivity contribution in [3.05, 3.63) is 126 Å². The molecule has 0 amide bonds. The van der Waals surface area contributed by atoms with Crippen LogP contribution in [-0.2, 0) is 6.42 Å². The summed E-state index contributed by atoms with van der Waals surface area (Å²) in [5.41, 5.74) is 9.26. The number of nitriles is 1. The van der Waals surface area contributed by atoms with Gasteiger partial charge in [-0.05, 0) is 48.9 Å². The van der Waals surface area contributed by atoms with Gasteiger partial charge in [-0.1, -0.05) is 72.8 Å². The minimum Gasteiger partial charge on any atom is -0.458 e. The quantitative estimate of drug-likeness (QED) is 0.226. The highest BCUT2D eigenvalue weighted by Gasteiger charge is 2.25. The van der Waals surface area contributed by atoms with E-state index in [2.05, 4.69) is 118 Å². The normalized spacial score (nSPS) is 13.3. The molecule has 1 aliphatic rings. The van der Waals surface area contributed by atoms with Crippen molar-refractivity contribution in [2.75, 3.05) is 0 Å². The van der Waals surface area contributed by atoms with Gasteiger partial charge < -0.3 is 13.6 Å².